The number of piperazine rings is 1. The fraction of sp³-hybridized carbons (Fsp3) is 0.467. The lowest BCUT2D eigenvalue weighted by Crippen LogP contribution is -2.45. The maximum atomic E-state index is 4.09. The van der Waals surface area contributed by atoms with E-state index in [2.05, 4.69) is 73.8 Å². The van der Waals surface area contributed by atoms with Crippen LogP contribution < -0.4 is 5.32 Å². The highest BCUT2D eigenvalue weighted by atomic mass is 79.9. The van der Waals surface area contributed by atoms with Gasteiger partial charge in [-0.3, -0.25) is 4.90 Å². The summed E-state index contributed by atoms with van der Waals surface area (Å²) in [5, 5.41) is 3.41. The summed E-state index contributed by atoms with van der Waals surface area (Å²) in [5.41, 5.74) is 2.59. The molecule has 1 N–H and O–H groups in total. The first kappa shape index (κ1) is 15.2. The van der Waals surface area contributed by atoms with Gasteiger partial charge >= 0.3 is 0 Å². The minimum atomic E-state index is 0.424. The summed E-state index contributed by atoms with van der Waals surface area (Å²) < 4.78 is 2.25. The molecule has 1 saturated heterocycles. The third-order valence-electron chi connectivity index (χ3n) is 3.40. The Hall–Kier alpha value is -0.160. The molecule has 0 radical (unpaired) electrons. The predicted octanol–water partition coefficient (Wildman–Crippen LogP) is 4.12. The van der Waals surface area contributed by atoms with Gasteiger partial charge in [0.05, 0.1) is 0 Å². The van der Waals surface area contributed by atoms with Crippen molar-refractivity contribution < 1.29 is 0 Å². The van der Waals surface area contributed by atoms with Crippen LogP contribution in [0.15, 0.2) is 39.3 Å². The van der Waals surface area contributed by atoms with Crippen molar-refractivity contribution in [3.63, 3.8) is 0 Å². The summed E-state index contributed by atoms with van der Waals surface area (Å²) >= 11 is 7.18. The highest BCUT2D eigenvalue weighted by Crippen LogP contribution is 2.31. The average Bonchev–Trinajstić information content (AvgIpc) is 2.35. The van der Waals surface area contributed by atoms with Gasteiger partial charge in [-0.15, -0.1) is 6.58 Å². The van der Waals surface area contributed by atoms with Crippen LogP contribution >= 0.6 is 31.9 Å². The molecule has 0 aliphatic carbocycles. The largest absolute Gasteiger partial charge is 0.314 e. The maximum absolute atomic E-state index is 4.09. The molecule has 2 rings (SSSR count). The van der Waals surface area contributed by atoms with Gasteiger partial charge in [-0.05, 0) is 37.1 Å². The molecule has 0 spiro atoms. The van der Waals surface area contributed by atoms with Gasteiger partial charge in [-0.2, -0.15) is 0 Å². The van der Waals surface area contributed by atoms with Crippen molar-refractivity contribution in [2.45, 2.75) is 19.4 Å². The molecule has 2 nitrogen and oxygen atoms in total. The number of nitrogens with one attached hydrogen (secondary N) is 1. The molecular weight excluding hydrogens is 368 g/mol. The molecule has 1 aromatic rings. The van der Waals surface area contributed by atoms with Crippen LogP contribution in [0.1, 0.15) is 24.9 Å². The molecule has 104 valence electrons. The average molecular weight is 388 g/mol. The van der Waals surface area contributed by atoms with Gasteiger partial charge in [0, 0.05) is 41.2 Å². The highest BCUT2D eigenvalue weighted by Gasteiger charge is 2.22. The Balaban J connectivity index is 2.27. The quantitative estimate of drug-likeness (QED) is 0.781. The summed E-state index contributed by atoms with van der Waals surface area (Å²) in [5.74, 6) is 0. The fourth-order valence-corrected chi connectivity index (χ4v) is 3.88. The molecule has 1 aliphatic rings. The summed E-state index contributed by atoms with van der Waals surface area (Å²) in [7, 11) is 0. The minimum absolute atomic E-state index is 0.424. The molecule has 1 heterocycles. The van der Waals surface area contributed by atoms with Crippen molar-refractivity contribution in [2.75, 3.05) is 26.2 Å². The van der Waals surface area contributed by atoms with E-state index in [1.54, 1.807) is 0 Å². The number of halogens is 2. The topological polar surface area (TPSA) is 15.3 Å². The van der Waals surface area contributed by atoms with Gasteiger partial charge in [0.25, 0.3) is 0 Å². The molecule has 0 amide bonds. The van der Waals surface area contributed by atoms with Gasteiger partial charge < -0.3 is 5.32 Å². The van der Waals surface area contributed by atoms with E-state index in [1.165, 1.54) is 11.1 Å². The first-order chi connectivity index (χ1) is 9.06. The Bertz CT molecular complexity index is 433. The van der Waals surface area contributed by atoms with E-state index in [-0.39, 0.29) is 0 Å². The standard InChI is InChI=1S/C15H20Br2N2/c1-11(2)7-15(19-5-3-18-4-6-19)12-8-13(16)10-14(17)9-12/h8-10,15,18H,1,3-7H2,2H3/t15-/m1/s1. The molecule has 1 atom stereocenters. The molecule has 19 heavy (non-hydrogen) atoms. The van der Waals surface area contributed by atoms with E-state index in [0.29, 0.717) is 6.04 Å². The van der Waals surface area contributed by atoms with E-state index in [1.807, 2.05) is 0 Å². The Morgan fingerprint density at radius 3 is 2.37 bits per heavy atom. The third kappa shape index (κ3) is 4.42. The second kappa shape index (κ2) is 7.02. The van der Waals surface area contributed by atoms with Crippen LogP contribution in [0.4, 0.5) is 0 Å². The molecule has 0 bridgehead atoms. The minimum Gasteiger partial charge on any atom is -0.314 e. The van der Waals surface area contributed by atoms with E-state index in [4.69, 9.17) is 0 Å². The molecule has 0 saturated carbocycles. The van der Waals surface area contributed by atoms with Crippen molar-refractivity contribution in [1.29, 1.82) is 0 Å². The summed E-state index contributed by atoms with van der Waals surface area (Å²) in [6.07, 6.45) is 1.02. The second-order valence-electron chi connectivity index (χ2n) is 5.17. The van der Waals surface area contributed by atoms with Crippen LogP contribution in [-0.2, 0) is 0 Å². The zero-order valence-electron chi connectivity index (χ0n) is 11.3. The Morgan fingerprint density at radius 2 is 1.84 bits per heavy atom. The van der Waals surface area contributed by atoms with Crippen LogP contribution in [-0.4, -0.2) is 31.1 Å². The number of hydrogen-bond donors (Lipinski definition) is 1. The number of rotatable bonds is 4. The van der Waals surface area contributed by atoms with Gasteiger partial charge in [-0.1, -0.05) is 37.4 Å². The third-order valence-corrected chi connectivity index (χ3v) is 4.32. The van der Waals surface area contributed by atoms with Crippen molar-refractivity contribution >= 4 is 31.9 Å². The van der Waals surface area contributed by atoms with E-state index < -0.39 is 0 Å². The number of nitrogens with zero attached hydrogens (tertiary/aromatic N) is 1. The zero-order chi connectivity index (χ0) is 13.8. The fourth-order valence-electron chi connectivity index (χ4n) is 2.55. The van der Waals surface area contributed by atoms with Gasteiger partial charge in [0.1, 0.15) is 0 Å². The predicted molar refractivity (Wildman–Crippen MR) is 88.5 cm³/mol. The van der Waals surface area contributed by atoms with E-state index in [9.17, 15) is 0 Å². The molecule has 0 aromatic heterocycles. The maximum Gasteiger partial charge on any atom is 0.0386 e. The number of hydrogen-bond acceptors (Lipinski definition) is 2. The summed E-state index contributed by atoms with van der Waals surface area (Å²) in [6.45, 7) is 10.5. The second-order valence-corrected chi connectivity index (χ2v) is 7.00. The highest BCUT2D eigenvalue weighted by molar-refractivity contribution is 9.11. The Morgan fingerprint density at radius 1 is 1.26 bits per heavy atom. The molecule has 4 heteroatoms. The smallest absolute Gasteiger partial charge is 0.0386 e. The van der Waals surface area contributed by atoms with Crippen molar-refractivity contribution in [2.24, 2.45) is 0 Å². The van der Waals surface area contributed by atoms with Crippen molar-refractivity contribution in [3.05, 3.63) is 44.9 Å². The van der Waals surface area contributed by atoms with Gasteiger partial charge in [0.15, 0.2) is 0 Å². The van der Waals surface area contributed by atoms with Crippen molar-refractivity contribution in [1.82, 2.24) is 10.2 Å². The van der Waals surface area contributed by atoms with Crippen LogP contribution in [0.25, 0.3) is 0 Å². The molecule has 0 unspecified atom stereocenters. The van der Waals surface area contributed by atoms with Gasteiger partial charge in [-0.25, -0.2) is 0 Å². The molecular formula is C15H20Br2N2. The SMILES string of the molecule is C=C(C)C[C@H](c1cc(Br)cc(Br)c1)N1CCNCC1. The lowest BCUT2D eigenvalue weighted by molar-refractivity contribution is 0.172. The number of benzene rings is 1. The Kier molecular flexibility index (Phi) is 5.63. The Labute approximate surface area is 132 Å². The normalized spacial score (nSPS) is 18.3. The summed E-state index contributed by atoms with van der Waals surface area (Å²) in [4.78, 5) is 2.55. The van der Waals surface area contributed by atoms with Gasteiger partial charge in [0.2, 0.25) is 0 Å². The van der Waals surface area contributed by atoms with Crippen LogP contribution in [0, 0.1) is 0 Å². The molecule has 1 aromatic carbocycles. The monoisotopic (exact) mass is 386 g/mol. The molecule has 1 aliphatic heterocycles. The van der Waals surface area contributed by atoms with Crippen LogP contribution in [0.2, 0.25) is 0 Å². The zero-order valence-corrected chi connectivity index (χ0v) is 14.4. The van der Waals surface area contributed by atoms with E-state index >= 15 is 0 Å². The lowest BCUT2D eigenvalue weighted by atomic mass is 9.98. The van der Waals surface area contributed by atoms with Crippen molar-refractivity contribution in [3.8, 4) is 0 Å². The van der Waals surface area contributed by atoms with E-state index in [0.717, 1.165) is 41.5 Å². The summed E-state index contributed by atoms with van der Waals surface area (Å²) in [6, 6.07) is 6.95. The lowest BCUT2D eigenvalue weighted by Gasteiger charge is -2.35. The van der Waals surface area contributed by atoms with Crippen LogP contribution in [0.5, 0.6) is 0 Å². The van der Waals surface area contributed by atoms with Crippen LogP contribution in [0.3, 0.4) is 0 Å². The first-order valence-electron chi connectivity index (χ1n) is 6.61. The molecule has 1 fully saturated rings. The first-order valence-corrected chi connectivity index (χ1v) is 8.20.